The number of rotatable bonds is 1. The molecule has 6 nitrogen and oxygen atoms in total. The lowest BCUT2D eigenvalue weighted by molar-refractivity contribution is -0.0310. The summed E-state index contributed by atoms with van der Waals surface area (Å²) in [5.41, 5.74) is 5.45. The summed E-state index contributed by atoms with van der Waals surface area (Å²) in [5.74, 6) is 0. The highest BCUT2D eigenvalue weighted by Gasteiger charge is 2.36. The fourth-order valence-corrected chi connectivity index (χ4v) is 1.39. The molecular weight excluding hydrogens is 176 g/mol. The van der Waals surface area contributed by atoms with Gasteiger partial charge < -0.3 is 31.5 Å². The van der Waals surface area contributed by atoms with Crippen LogP contribution >= 0.6 is 0 Å². The second-order valence-corrected chi connectivity index (χ2v) is 3.32. The molecule has 0 aromatic carbocycles. The molecule has 6 heteroatoms. The summed E-state index contributed by atoms with van der Waals surface area (Å²) in [6.07, 6.45) is -3.29. The molecule has 0 bridgehead atoms. The van der Waals surface area contributed by atoms with Crippen LogP contribution in [0.4, 0.5) is 0 Å². The first-order chi connectivity index (χ1) is 6.07. The van der Waals surface area contributed by atoms with E-state index >= 15 is 0 Å². The molecule has 1 rings (SSSR count). The Labute approximate surface area is 76.0 Å². The molecule has 78 valence electrons. The van der Waals surface area contributed by atoms with Crippen molar-refractivity contribution in [1.82, 2.24) is 5.32 Å². The molecule has 0 aliphatic carbocycles. The Morgan fingerprint density at radius 1 is 1.23 bits per heavy atom. The van der Waals surface area contributed by atoms with E-state index in [0.717, 1.165) is 0 Å². The largest absolute Gasteiger partial charge is 0.395 e. The molecule has 0 amide bonds. The average molecular weight is 192 g/mol. The third-order valence-corrected chi connectivity index (χ3v) is 2.39. The lowest BCUT2D eigenvalue weighted by Gasteiger charge is -2.25. The second kappa shape index (κ2) is 4.32. The predicted molar refractivity (Wildman–Crippen MR) is 44.9 cm³/mol. The molecule has 1 aliphatic rings. The summed E-state index contributed by atoms with van der Waals surface area (Å²) >= 11 is 0. The zero-order valence-electron chi connectivity index (χ0n) is 7.17. The van der Waals surface area contributed by atoms with Crippen molar-refractivity contribution in [2.75, 3.05) is 13.2 Å². The van der Waals surface area contributed by atoms with E-state index in [1.165, 1.54) is 0 Å². The summed E-state index contributed by atoms with van der Waals surface area (Å²) < 4.78 is 0. The molecular formula is C7H16N2O4. The molecule has 0 unspecified atom stereocenters. The maximum atomic E-state index is 9.44. The summed E-state index contributed by atoms with van der Waals surface area (Å²) in [5, 5.41) is 39.7. The van der Waals surface area contributed by atoms with Gasteiger partial charge in [-0.3, -0.25) is 0 Å². The first-order valence-electron chi connectivity index (χ1n) is 4.22. The minimum Gasteiger partial charge on any atom is -0.395 e. The Hall–Kier alpha value is -0.240. The maximum Gasteiger partial charge on any atom is 0.0991 e. The summed E-state index contributed by atoms with van der Waals surface area (Å²) in [6.45, 7) is -0.155. The third kappa shape index (κ3) is 2.16. The number of hydrogen-bond donors (Lipinski definition) is 6. The molecule has 1 fully saturated rings. The van der Waals surface area contributed by atoms with Crippen LogP contribution in [0.5, 0.6) is 0 Å². The summed E-state index contributed by atoms with van der Waals surface area (Å²) in [7, 11) is 0. The maximum absolute atomic E-state index is 9.44. The quantitative estimate of drug-likeness (QED) is 0.255. The van der Waals surface area contributed by atoms with Gasteiger partial charge in [0.1, 0.15) is 0 Å². The monoisotopic (exact) mass is 192 g/mol. The van der Waals surface area contributed by atoms with Gasteiger partial charge >= 0.3 is 0 Å². The van der Waals surface area contributed by atoms with Gasteiger partial charge in [-0.1, -0.05) is 0 Å². The Bertz CT molecular complexity index is 167. The van der Waals surface area contributed by atoms with E-state index in [9.17, 15) is 15.3 Å². The van der Waals surface area contributed by atoms with Crippen molar-refractivity contribution in [3.05, 3.63) is 0 Å². The Morgan fingerprint density at radius 3 is 2.38 bits per heavy atom. The number of hydrogen-bond acceptors (Lipinski definition) is 6. The highest BCUT2D eigenvalue weighted by atomic mass is 16.3. The predicted octanol–water partition coefficient (Wildman–Crippen LogP) is -3.64. The van der Waals surface area contributed by atoms with Crippen molar-refractivity contribution in [3.63, 3.8) is 0 Å². The third-order valence-electron chi connectivity index (χ3n) is 2.39. The number of aliphatic hydroxyl groups excluding tert-OH is 4. The van der Waals surface area contributed by atoms with Crippen molar-refractivity contribution < 1.29 is 20.4 Å². The topological polar surface area (TPSA) is 119 Å². The summed E-state index contributed by atoms with van der Waals surface area (Å²) in [6, 6.07) is -1.53. The lowest BCUT2D eigenvalue weighted by Crippen LogP contribution is -2.52. The molecule has 0 radical (unpaired) electrons. The molecule has 5 atom stereocenters. The number of nitrogens with one attached hydrogen (secondary N) is 1. The van der Waals surface area contributed by atoms with E-state index < -0.39 is 30.4 Å². The zero-order chi connectivity index (χ0) is 10.0. The Morgan fingerprint density at radius 2 is 1.85 bits per heavy atom. The first-order valence-corrected chi connectivity index (χ1v) is 4.22. The molecule has 7 N–H and O–H groups in total. The molecule has 0 saturated carbocycles. The smallest absolute Gasteiger partial charge is 0.0991 e. The van der Waals surface area contributed by atoms with Crippen LogP contribution in [0.1, 0.15) is 0 Å². The number of nitrogens with two attached hydrogens (primary N) is 1. The minimum atomic E-state index is -1.22. The second-order valence-electron chi connectivity index (χ2n) is 3.32. The highest BCUT2D eigenvalue weighted by molar-refractivity contribution is 4.95. The van der Waals surface area contributed by atoms with E-state index in [0.29, 0.717) is 0 Å². The highest BCUT2D eigenvalue weighted by Crippen LogP contribution is 2.10. The fourth-order valence-electron chi connectivity index (χ4n) is 1.39. The average Bonchev–Trinajstić information content (AvgIpc) is 2.22. The van der Waals surface area contributed by atoms with Gasteiger partial charge in [0, 0.05) is 6.54 Å². The molecule has 13 heavy (non-hydrogen) atoms. The Kier molecular flexibility index (Phi) is 3.60. The standard InChI is InChI=1S/C7H16N2O4/c8-5-4(11)1-9-3(2-10)6(12)7(5)13/h3-7,9-13H,1-2,8H2/t3-,4+,5-,6+,7+/m0/s1. The van der Waals surface area contributed by atoms with E-state index in [1.54, 1.807) is 0 Å². The molecule has 0 spiro atoms. The van der Waals surface area contributed by atoms with Gasteiger partial charge in [-0.25, -0.2) is 0 Å². The van der Waals surface area contributed by atoms with Gasteiger partial charge in [-0.15, -0.1) is 0 Å². The van der Waals surface area contributed by atoms with Crippen molar-refractivity contribution in [3.8, 4) is 0 Å². The van der Waals surface area contributed by atoms with Crippen molar-refractivity contribution in [1.29, 1.82) is 0 Å². The van der Waals surface area contributed by atoms with Crippen LogP contribution < -0.4 is 11.1 Å². The molecule has 1 heterocycles. The normalized spacial score (nSPS) is 47.3. The van der Waals surface area contributed by atoms with E-state index in [2.05, 4.69) is 5.32 Å². The van der Waals surface area contributed by atoms with Crippen LogP contribution in [0.3, 0.4) is 0 Å². The van der Waals surface area contributed by atoms with Gasteiger partial charge in [0.25, 0.3) is 0 Å². The van der Waals surface area contributed by atoms with E-state index in [4.69, 9.17) is 10.8 Å². The Balaban J connectivity index is 2.69. The molecule has 1 aliphatic heterocycles. The SMILES string of the molecule is N[C@@H]1[C@@H](O)[C@H](O)[C@H](CO)NC[C@H]1O. The minimum absolute atomic E-state index is 0.153. The molecule has 0 aromatic heterocycles. The molecule has 1 saturated heterocycles. The van der Waals surface area contributed by atoms with Gasteiger partial charge in [0.2, 0.25) is 0 Å². The van der Waals surface area contributed by atoms with Gasteiger partial charge in [0.05, 0.1) is 37.0 Å². The van der Waals surface area contributed by atoms with Crippen LogP contribution in [-0.2, 0) is 0 Å². The van der Waals surface area contributed by atoms with Gasteiger partial charge in [0.15, 0.2) is 0 Å². The number of aliphatic hydroxyl groups is 4. The lowest BCUT2D eigenvalue weighted by atomic mass is 10.00. The van der Waals surface area contributed by atoms with Crippen LogP contribution in [0.25, 0.3) is 0 Å². The van der Waals surface area contributed by atoms with Crippen LogP contribution in [0, 0.1) is 0 Å². The zero-order valence-corrected chi connectivity index (χ0v) is 7.17. The van der Waals surface area contributed by atoms with Crippen LogP contribution in [0.15, 0.2) is 0 Å². The molecule has 0 aromatic rings. The number of β-amino-alcohol motifs (C(OH)–C–C–N with tert-alkyl or cyclic N) is 1. The fraction of sp³-hybridized carbons (Fsp3) is 1.00. The van der Waals surface area contributed by atoms with Crippen molar-refractivity contribution in [2.24, 2.45) is 5.73 Å². The van der Waals surface area contributed by atoms with Crippen molar-refractivity contribution in [2.45, 2.75) is 30.4 Å². The van der Waals surface area contributed by atoms with Gasteiger partial charge in [-0.2, -0.15) is 0 Å². The van der Waals surface area contributed by atoms with E-state index in [1.807, 2.05) is 0 Å². The van der Waals surface area contributed by atoms with Crippen LogP contribution in [-0.4, -0.2) is 64.0 Å². The van der Waals surface area contributed by atoms with Gasteiger partial charge in [-0.05, 0) is 0 Å². The first kappa shape index (κ1) is 10.8. The summed E-state index contributed by atoms with van der Waals surface area (Å²) in [4.78, 5) is 0. The van der Waals surface area contributed by atoms with Crippen molar-refractivity contribution >= 4 is 0 Å². The van der Waals surface area contributed by atoms with E-state index in [-0.39, 0.29) is 13.2 Å². The van der Waals surface area contributed by atoms with Crippen LogP contribution in [0.2, 0.25) is 0 Å².